The lowest BCUT2D eigenvalue weighted by molar-refractivity contribution is -0.127. The number of hydrogen-bond acceptors (Lipinski definition) is 4. The fourth-order valence-corrected chi connectivity index (χ4v) is 2.27. The van der Waals surface area contributed by atoms with Crippen molar-refractivity contribution in [1.82, 2.24) is 5.32 Å². The summed E-state index contributed by atoms with van der Waals surface area (Å²) < 4.78 is 10.7. The second kappa shape index (κ2) is 7.16. The fraction of sp³-hybridized carbons (Fsp3) is 0.909. The molecule has 2 fully saturated rings. The van der Waals surface area contributed by atoms with Crippen LogP contribution in [0.4, 0.5) is 0 Å². The van der Waals surface area contributed by atoms with E-state index in [0.717, 1.165) is 19.3 Å². The van der Waals surface area contributed by atoms with E-state index in [4.69, 9.17) is 15.2 Å². The molecule has 1 saturated carbocycles. The Morgan fingerprint density at radius 1 is 1.35 bits per heavy atom. The van der Waals surface area contributed by atoms with Crippen molar-refractivity contribution in [3.8, 4) is 0 Å². The van der Waals surface area contributed by atoms with Crippen LogP contribution in [0.25, 0.3) is 0 Å². The van der Waals surface area contributed by atoms with E-state index in [1.807, 2.05) is 0 Å². The molecule has 2 aliphatic rings. The number of carbonyl (C=O) groups excluding carboxylic acids is 1. The van der Waals surface area contributed by atoms with Crippen molar-refractivity contribution in [2.45, 2.75) is 31.4 Å². The molecule has 1 aliphatic heterocycles. The molecular weight excluding hydrogens is 244 g/mol. The maximum atomic E-state index is 11.8. The normalized spacial score (nSPS) is 32.9. The van der Waals surface area contributed by atoms with Gasteiger partial charge in [-0.15, -0.1) is 12.4 Å². The summed E-state index contributed by atoms with van der Waals surface area (Å²) in [6.07, 6.45) is 2.69. The van der Waals surface area contributed by atoms with Gasteiger partial charge in [0.15, 0.2) is 0 Å². The van der Waals surface area contributed by atoms with Gasteiger partial charge in [-0.2, -0.15) is 0 Å². The first-order chi connectivity index (χ1) is 7.75. The van der Waals surface area contributed by atoms with Gasteiger partial charge in [-0.1, -0.05) is 0 Å². The lowest BCUT2D eigenvalue weighted by atomic mass is 10.1. The van der Waals surface area contributed by atoms with E-state index in [9.17, 15) is 4.79 Å². The number of carbonyl (C=O) groups is 1. The molecule has 100 valence electrons. The average Bonchev–Trinajstić information content (AvgIpc) is 2.74. The molecule has 17 heavy (non-hydrogen) atoms. The third-order valence-electron chi connectivity index (χ3n) is 3.23. The van der Waals surface area contributed by atoms with E-state index in [1.165, 1.54) is 0 Å². The van der Waals surface area contributed by atoms with Gasteiger partial charge in [-0.25, -0.2) is 0 Å². The topological polar surface area (TPSA) is 73.6 Å². The molecule has 6 heteroatoms. The van der Waals surface area contributed by atoms with Crippen LogP contribution < -0.4 is 11.1 Å². The van der Waals surface area contributed by atoms with Crippen LogP contribution in [0.5, 0.6) is 0 Å². The van der Waals surface area contributed by atoms with Gasteiger partial charge in [-0.3, -0.25) is 4.79 Å². The van der Waals surface area contributed by atoms with Gasteiger partial charge >= 0.3 is 0 Å². The van der Waals surface area contributed by atoms with Gasteiger partial charge in [0.05, 0.1) is 25.9 Å². The largest absolute Gasteiger partial charge is 0.376 e. The van der Waals surface area contributed by atoms with Crippen LogP contribution >= 0.6 is 12.4 Å². The number of amides is 1. The summed E-state index contributed by atoms with van der Waals surface area (Å²) in [5, 5.41) is 2.92. The highest BCUT2D eigenvalue weighted by Gasteiger charge is 2.28. The van der Waals surface area contributed by atoms with Crippen LogP contribution in [0.2, 0.25) is 0 Å². The second-order valence-electron chi connectivity index (χ2n) is 4.58. The highest BCUT2D eigenvalue weighted by atomic mass is 35.5. The van der Waals surface area contributed by atoms with E-state index in [0.29, 0.717) is 26.4 Å². The minimum atomic E-state index is 0. The molecule has 2 rings (SSSR count). The van der Waals surface area contributed by atoms with Crippen molar-refractivity contribution in [3.63, 3.8) is 0 Å². The van der Waals surface area contributed by atoms with Crippen molar-refractivity contribution in [2.75, 3.05) is 26.4 Å². The molecule has 1 saturated heterocycles. The quantitative estimate of drug-likeness (QED) is 0.757. The van der Waals surface area contributed by atoms with Crippen molar-refractivity contribution >= 4 is 18.3 Å². The van der Waals surface area contributed by atoms with E-state index in [-0.39, 0.29) is 36.4 Å². The zero-order valence-electron chi connectivity index (χ0n) is 9.89. The van der Waals surface area contributed by atoms with Crippen LogP contribution in [-0.2, 0) is 14.3 Å². The van der Waals surface area contributed by atoms with Crippen molar-refractivity contribution in [3.05, 3.63) is 0 Å². The smallest absolute Gasteiger partial charge is 0.223 e. The van der Waals surface area contributed by atoms with Crippen molar-refractivity contribution < 1.29 is 14.3 Å². The Morgan fingerprint density at radius 2 is 2.18 bits per heavy atom. The molecule has 0 spiro atoms. The molecule has 1 amide bonds. The summed E-state index contributed by atoms with van der Waals surface area (Å²) >= 11 is 0. The monoisotopic (exact) mass is 264 g/mol. The molecule has 0 radical (unpaired) electrons. The second-order valence-corrected chi connectivity index (χ2v) is 4.58. The zero-order valence-corrected chi connectivity index (χ0v) is 10.7. The van der Waals surface area contributed by atoms with Gasteiger partial charge in [-0.05, 0) is 19.3 Å². The summed E-state index contributed by atoms with van der Waals surface area (Å²) in [5.41, 5.74) is 5.78. The first-order valence-electron chi connectivity index (χ1n) is 5.98. The van der Waals surface area contributed by atoms with Gasteiger partial charge < -0.3 is 20.5 Å². The Balaban J connectivity index is 0.00000144. The van der Waals surface area contributed by atoms with Crippen LogP contribution in [0.1, 0.15) is 19.3 Å². The molecule has 0 bridgehead atoms. The third kappa shape index (κ3) is 4.43. The number of ether oxygens (including phenoxy) is 2. The first kappa shape index (κ1) is 14.7. The molecule has 1 heterocycles. The summed E-state index contributed by atoms with van der Waals surface area (Å²) in [4.78, 5) is 11.8. The molecular formula is C11H21ClN2O3. The van der Waals surface area contributed by atoms with E-state index in [2.05, 4.69) is 5.32 Å². The molecule has 3 N–H and O–H groups in total. The molecule has 3 unspecified atom stereocenters. The van der Waals surface area contributed by atoms with Crippen LogP contribution in [-0.4, -0.2) is 44.4 Å². The van der Waals surface area contributed by atoms with Gasteiger partial charge in [0.1, 0.15) is 0 Å². The molecule has 1 aliphatic carbocycles. The van der Waals surface area contributed by atoms with Crippen LogP contribution in [0, 0.1) is 5.92 Å². The number of hydrogen-bond donors (Lipinski definition) is 2. The van der Waals surface area contributed by atoms with Crippen molar-refractivity contribution in [1.29, 1.82) is 0 Å². The Hall–Kier alpha value is -0.360. The van der Waals surface area contributed by atoms with Crippen LogP contribution in [0.3, 0.4) is 0 Å². The summed E-state index contributed by atoms with van der Waals surface area (Å²) in [7, 11) is 0. The summed E-state index contributed by atoms with van der Waals surface area (Å²) in [5.74, 6) is 0.210. The molecule has 0 aromatic carbocycles. The molecule has 0 aromatic heterocycles. The van der Waals surface area contributed by atoms with E-state index >= 15 is 0 Å². The number of nitrogens with one attached hydrogen (secondary N) is 1. The fourth-order valence-electron chi connectivity index (χ4n) is 2.27. The highest BCUT2D eigenvalue weighted by molar-refractivity contribution is 5.85. The number of nitrogens with two attached hydrogens (primary N) is 1. The van der Waals surface area contributed by atoms with E-state index in [1.54, 1.807) is 0 Å². The minimum absolute atomic E-state index is 0. The van der Waals surface area contributed by atoms with Crippen LogP contribution in [0.15, 0.2) is 0 Å². The zero-order chi connectivity index (χ0) is 11.4. The standard InChI is InChI=1S/C11H20N2O3.ClH/c12-9-2-1-8(5-9)11(14)13-6-10-7-15-3-4-16-10;/h8-10H,1-7,12H2,(H,13,14);1H. The lowest BCUT2D eigenvalue weighted by Gasteiger charge is -2.23. The predicted molar refractivity (Wildman–Crippen MR) is 66.1 cm³/mol. The molecule has 5 nitrogen and oxygen atoms in total. The van der Waals surface area contributed by atoms with Gasteiger partial charge in [0, 0.05) is 18.5 Å². The summed E-state index contributed by atoms with van der Waals surface area (Å²) in [6.45, 7) is 2.39. The van der Waals surface area contributed by atoms with Crippen molar-refractivity contribution in [2.24, 2.45) is 11.7 Å². The molecule has 0 aromatic rings. The number of rotatable bonds is 3. The van der Waals surface area contributed by atoms with Gasteiger partial charge in [0.25, 0.3) is 0 Å². The Bertz CT molecular complexity index is 247. The SMILES string of the molecule is Cl.NC1CCC(C(=O)NCC2COCCO2)C1. The number of halogens is 1. The Morgan fingerprint density at radius 3 is 2.76 bits per heavy atom. The maximum Gasteiger partial charge on any atom is 0.223 e. The predicted octanol–water partition coefficient (Wildman–Crippen LogP) is 0.0672. The minimum Gasteiger partial charge on any atom is -0.376 e. The Labute approximate surface area is 108 Å². The van der Waals surface area contributed by atoms with E-state index < -0.39 is 0 Å². The van der Waals surface area contributed by atoms with Gasteiger partial charge in [0.2, 0.25) is 5.91 Å². The molecule has 3 atom stereocenters. The Kier molecular flexibility index (Phi) is 6.19. The third-order valence-corrected chi connectivity index (χ3v) is 3.23. The summed E-state index contributed by atoms with van der Waals surface area (Å²) in [6, 6.07) is 0.199. The maximum absolute atomic E-state index is 11.8. The average molecular weight is 265 g/mol. The highest BCUT2D eigenvalue weighted by Crippen LogP contribution is 2.23. The lowest BCUT2D eigenvalue weighted by Crippen LogP contribution is -2.41. The first-order valence-corrected chi connectivity index (χ1v) is 5.98.